The second-order valence-corrected chi connectivity index (χ2v) is 4.61. The lowest BCUT2D eigenvalue weighted by atomic mass is 10.0. The summed E-state index contributed by atoms with van der Waals surface area (Å²) in [7, 11) is 0. The monoisotopic (exact) mass is 235 g/mol. The fraction of sp³-hybridized carbons (Fsp3) is 0.600. The predicted octanol–water partition coefficient (Wildman–Crippen LogP) is 3.38. The van der Waals surface area contributed by atoms with Crippen LogP contribution < -0.4 is 5.32 Å². The standard InChI is InChI=1S/C15H25NO/c1-5-7-17-11-15(16-6-2)14-9-12(3)8-13(4)10-14/h8-10,15-16H,5-7,11H2,1-4H3. The van der Waals surface area contributed by atoms with E-state index in [-0.39, 0.29) is 0 Å². The van der Waals surface area contributed by atoms with Crippen LogP contribution in [0.15, 0.2) is 18.2 Å². The van der Waals surface area contributed by atoms with Crippen molar-refractivity contribution in [2.75, 3.05) is 19.8 Å². The quantitative estimate of drug-likeness (QED) is 0.732. The molecule has 0 aliphatic rings. The van der Waals surface area contributed by atoms with Gasteiger partial charge in [0.05, 0.1) is 12.6 Å². The number of likely N-dealkylation sites (N-methyl/N-ethyl adjacent to an activating group) is 1. The van der Waals surface area contributed by atoms with Gasteiger partial charge in [0.25, 0.3) is 0 Å². The molecule has 1 unspecified atom stereocenters. The number of rotatable bonds is 7. The van der Waals surface area contributed by atoms with Gasteiger partial charge >= 0.3 is 0 Å². The zero-order valence-corrected chi connectivity index (χ0v) is 11.5. The predicted molar refractivity (Wildman–Crippen MR) is 73.4 cm³/mol. The fourth-order valence-corrected chi connectivity index (χ4v) is 2.08. The van der Waals surface area contributed by atoms with E-state index in [1.54, 1.807) is 0 Å². The fourth-order valence-electron chi connectivity index (χ4n) is 2.08. The Labute approximate surface area is 105 Å². The first-order valence-electron chi connectivity index (χ1n) is 6.56. The molecule has 1 rings (SSSR count). The van der Waals surface area contributed by atoms with Gasteiger partial charge in [-0.2, -0.15) is 0 Å². The van der Waals surface area contributed by atoms with Crippen molar-refractivity contribution in [1.82, 2.24) is 5.32 Å². The maximum Gasteiger partial charge on any atom is 0.0661 e. The first-order chi connectivity index (χ1) is 8.17. The Bertz CT molecular complexity index is 315. The molecule has 0 radical (unpaired) electrons. The minimum absolute atomic E-state index is 0.310. The topological polar surface area (TPSA) is 21.3 Å². The number of hydrogen-bond acceptors (Lipinski definition) is 2. The van der Waals surface area contributed by atoms with Gasteiger partial charge in [0.2, 0.25) is 0 Å². The van der Waals surface area contributed by atoms with Gasteiger partial charge in [-0.05, 0) is 32.4 Å². The van der Waals surface area contributed by atoms with Crippen LogP contribution in [-0.4, -0.2) is 19.8 Å². The third-order valence-corrected chi connectivity index (χ3v) is 2.73. The van der Waals surface area contributed by atoms with Crippen molar-refractivity contribution in [1.29, 1.82) is 0 Å². The number of hydrogen-bond donors (Lipinski definition) is 1. The molecule has 0 amide bonds. The highest BCUT2D eigenvalue weighted by Gasteiger charge is 2.10. The molecule has 0 saturated heterocycles. The van der Waals surface area contributed by atoms with Crippen molar-refractivity contribution in [2.24, 2.45) is 0 Å². The van der Waals surface area contributed by atoms with Gasteiger partial charge in [0.15, 0.2) is 0 Å². The normalized spacial score (nSPS) is 12.7. The van der Waals surface area contributed by atoms with E-state index in [2.05, 4.69) is 51.2 Å². The second-order valence-electron chi connectivity index (χ2n) is 4.61. The number of benzene rings is 1. The number of nitrogens with one attached hydrogen (secondary N) is 1. The summed E-state index contributed by atoms with van der Waals surface area (Å²) in [5.74, 6) is 0. The van der Waals surface area contributed by atoms with Crippen molar-refractivity contribution >= 4 is 0 Å². The Kier molecular flexibility index (Phi) is 6.23. The van der Waals surface area contributed by atoms with E-state index in [1.165, 1.54) is 16.7 Å². The van der Waals surface area contributed by atoms with Crippen LogP contribution in [0.3, 0.4) is 0 Å². The van der Waals surface area contributed by atoms with Gasteiger partial charge in [0, 0.05) is 6.61 Å². The Balaban J connectivity index is 2.73. The highest BCUT2D eigenvalue weighted by molar-refractivity contribution is 5.30. The molecular weight excluding hydrogens is 210 g/mol. The lowest BCUT2D eigenvalue weighted by Crippen LogP contribution is -2.25. The van der Waals surface area contributed by atoms with Crippen LogP contribution in [0.2, 0.25) is 0 Å². The molecule has 17 heavy (non-hydrogen) atoms. The van der Waals surface area contributed by atoms with E-state index in [1.807, 2.05) is 0 Å². The van der Waals surface area contributed by atoms with Gasteiger partial charge in [-0.1, -0.05) is 43.2 Å². The van der Waals surface area contributed by atoms with E-state index in [9.17, 15) is 0 Å². The zero-order valence-electron chi connectivity index (χ0n) is 11.5. The molecule has 0 heterocycles. The highest BCUT2D eigenvalue weighted by Crippen LogP contribution is 2.17. The van der Waals surface area contributed by atoms with Crippen LogP contribution in [0.25, 0.3) is 0 Å². The largest absolute Gasteiger partial charge is 0.379 e. The highest BCUT2D eigenvalue weighted by atomic mass is 16.5. The summed E-state index contributed by atoms with van der Waals surface area (Å²) in [4.78, 5) is 0. The van der Waals surface area contributed by atoms with Gasteiger partial charge < -0.3 is 10.1 Å². The molecule has 0 aliphatic heterocycles. The summed E-state index contributed by atoms with van der Waals surface area (Å²) in [5, 5.41) is 3.49. The van der Waals surface area contributed by atoms with E-state index in [0.29, 0.717) is 6.04 Å². The molecule has 0 fully saturated rings. The van der Waals surface area contributed by atoms with Crippen molar-refractivity contribution in [3.8, 4) is 0 Å². The van der Waals surface area contributed by atoms with Crippen molar-refractivity contribution in [2.45, 2.75) is 40.2 Å². The van der Waals surface area contributed by atoms with E-state index >= 15 is 0 Å². The molecule has 0 saturated carbocycles. The molecule has 1 aromatic rings. The van der Waals surface area contributed by atoms with Crippen LogP contribution in [-0.2, 0) is 4.74 Å². The van der Waals surface area contributed by atoms with Gasteiger partial charge in [0.1, 0.15) is 0 Å². The summed E-state index contributed by atoms with van der Waals surface area (Å²) >= 11 is 0. The average molecular weight is 235 g/mol. The third kappa shape index (κ3) is 4.88. The molecule has 96 valence electrons. The summed E-state index contributed by atoms with van der Waals surface area (Å²) in [5.41, 5.74) is 3.97. The second kappa shape index (κ2) is 7.46. The molecule has 0 aromatic heterocycles. The first kappa shape index (κ1) is 14.2. The molecule has 1 N–H and O–H groups in total. The Hall–Kier alpha value is -0.860. The molecular formula is C15H25NO. The van der Waals surface area contributed by atoms with Crippen LogP contribution in [0.1, 0.15) is 43.0 Å². The lowest BCUT2D eigenvalue weighted by molar-refractivity contribution is 0.112. The van der Waals surface area contributed by atoms with Crippen LogP contribution >= 0.6 is 0 Å². The molecule has 0 bridgehead atoms. The minimum Gasteiger partial charge on any atom is -0.379 e. The molecule has 0 spiro atoms. The Morgan fingerprint density at radius 1 is 1.12 bits per heavy atom. The smallest absolute Gasteiger partial charge is 0.0661 e. The van der Waals surface area contributed by atoms with Crippen LogP contribution in [0, 0.1) is 13.8 Å². The Morgan fingerprint density at radius 2 is 1.76 bits per heavy atom. The molecule has 2 heteroatoms. The molecule has 1 aromatic carbocycles. The van der Waals surface area contributed by atoms with Gasteiger partial charge in [-0.3, -0.25) is 0 Å². The summed E-state index contributed by atoms with van der Waals surface area (Å²) in [6.45, 7) is 11.1. The number of aryl methyl sites for hydroxylation is 2. The van der Waals surface area contributed by atoms with E-state index in [4.69, 9.17) is 4.74 Å². The first-order valence-corrected chi connectivity index (χ1v) is 6.56. The lowest BCUT2D eigenvalue weighted by Gasteiger charge is -2.19. The van der Waals surface area contributed by atoms with E-state index < -0.39 is 0 Å². The molecule has 0 aliphatic carbocycles. The summed E-state index contributed by atoms with van der Waals surface area (Å²) in [6.07, 6.45) is 1.08. The maximum absolute atomic E-state index is 5.67. The molecule has 2 nitrogen and oxygen atoms in total. The maximum atomic E-state index is 5.67. The van der Waals surface area contributed by atoms with Gasteiger partial charge in [-0.25, -0.2) is 0 Å². The Morgan fingerprint density at radius 3 is 2.29 bits per heavy atom. The van der Waals surface area contributed by atoms with E-state index in [0.717, 1.165) is 26.2 Å². The SMILES string of the molecule is CCCOCC(NCC)c1cc(C)cc(C)c1. The summed E-state index contributed by atoms with van der Waals surface area (Å²) in [6, 6.07) is 7.01. The average Bonchev–Trinajstić information content (AvgIpc) is 2.27. The van der Waals surface area contributed by atoms with Crippen molar-refractivity contribution in [3.05, 3.63) is 34.9 Å². The van der Waals surface area contributed by atoms with Crippen LogP contribution in [0.5, 0.6) is 0 Å². The third-order valence-electron chi connectivity index (χ3n) is 2.73. The minimum atomic E-state index is 0.310. The number of ether oxygens (including phenoxy) is 1. The van der Waals surface area contributed by atoms with Gasteiger partial charge in [-0.15, -0.1) is 0 Å². The molecule has 1 atom stereocenters. The zero-order chi connectivity index (χ0) is 12.7. The summed E-state index contributed by atoms with van der Waals surface area (Å²) < 4.78 is 5.67. The van der Waals surface area contributed by atoms with Crippen LogP contribution in [0.4, 0.5) is 0 Å². The van der Waals surface area contributed by atoms with Crippen molar-refractivity contribution in [3.63, 3.8) is 0 Å². The van der Waals surface area contributed by atoms with Crippen molar-refractivity contribution < 1.29 is 4.74 Å².